The van der Waals surface area contributed by atoms with Crippen molar-refractivity contribution in [3.05, 3.63) is 77.1 Å². The van der Waals surface area contributed by atoms with E-state index in [1.807, 2.05) is 37.2 Å². The summed E-state index contributed by atoms with van der Waals surface area (Å²) in [5.74, 6) is 1.38. The van der Waals surface area contributed by atoms with Crippen LogP contribution in [0, 0.1) is 0 Å². The van der Waals surface area contributed by atoms with E-state index in [1.54, 1.807) is 43.7 Å². The lowest BCUT2D eigenvalue weighted by Crippen LogP contribution is -2.39. The highest BCUT2D eigenvalue weighted by Gasteiger charge is 2.33. The van der Waals surface area contributed by atoms with Gasteiger partial charge in [0.25, 0.3) is 5.56 Å². The fourth-order valence-electron chi connectivity index (χ4n) is 3.75. The number of anilines is 1. The fraction of sp³-hybridized carbons (Fsp3) is 0.292. The van der Waals surface area contributed by atoms with Crippen molar-refractivity contribution in [2.45, 2.75) is 19.9 Å². The molecule has 1 aromatic carbocycles. The second kappa shape index (κ2) is 9.63. The number of fused-ring (bicyclic) bond motifs is 1. The molecule has 10 heteroatoms. The maximum Gasteiger partial charge on any atom is 0.338 e. The highest BCUT2D eigenvalue weighted by molar-refractivity contribution is 9.10. The summed E-state index contributed by atoms with van der Waals surface area (Å²) in [7, 11) is 5.33. The molecular formula is C24H24BrN3O5S. The molecule has 34 heavy (non-hydrogen) atoms. The van der Waals surface area contributed by atoms with Gasteiger partial charge in [0.2, 0.25) is 0 Å². The molecule has 0 aliphatic carbocycles. The molecule has 2 aromatic heterocycles. The third-order valence-corrected chi connectivity index (χ3v) is 6.94. The topological polar surface area (TPSA) is 86.3 Å². The van der Waals surface area contributed by atoms with E-state index in [0.29, 0.717) is 42.5 Å². The van der Waals surface area contributed by atoms with E-state index in [-0.39, 0.29) is 12.2 Å². The Morgan fingerprint density at radius 3 is 2.71 bits per heavy atom. The predicted molar refractivity (Wildman–Crippen MR) is 134 cm³/mol. The smallest absolute Gasteiger partial charge is 0.338 e. The van der Waals surface area contributed by atoms with Crippen LogP contribution in [0.4, 0.5) is 5.88 Å². The summed E-state index contributed by atoms with van der Waals surface area (Å²) in [5.41, 5.74) is 1.30. The molecule has 1 aliphatic rings. The lowest BCUT2D eigenvalue weighted by atomic mass is 9.96. The summed E-state index contributed by atoms with van der Waals surface area (Å²) >= 11 is 4.76. The minimum absolute atomic E-state index is 0.214. The summed E-state index contributed by atoms with van der Waals surface area (Å²) in [5, 5.41) is 0. The van der Waals surface area contributed by atoms with Crippen molar-refractivity contribution in [3.8, 4) is 5.75 Å². The SMILES string of the molecule is CCOC(=O)C1=C(C)N=c2s/c(=C/c3ccc(N(C)C)o3)c(=O)n2C1c1ccc(OC)c(Br)c1. The molecule has 0 radical (unpaired) electrons. The number of thiazole rings is 1. The number of hydrogen-bond donors (Lipinski definition) is 0. The number of carbonyl (C=O) groups is 1. The third kappa shape index (κ3) is 4.35. The number of nitrogens with zero attached hydrogens (tertiary/aromatic N) is 3. The molecule has 1 unspecified atom stereocenters. The van der Waals surface area contributed by atoms with Gasteiger partial charge < -0.3 is 18.8 Å². The zero-order valence-corrected chi connectivity index (χ0v) is 21.8. The van der Waals surface area contributed by atoms with Crippen LogP contribution in [0.2, 0.25) is 0 Å². The third-order valence-electron chi connectivity index (χ3n) is 5.34. The summed E-state index contributed by atoms with van der Waals surface area (Å²) in [4.78, 5) is 33.5. The average Bonchev–Trinajstić information content (AvgIpc) is 3.38. The fourth-order valence-corrected chi connectivity index (χ4v) is 5.33. The van der Waals surface area contributed by atoms with E-state index in [1.165, 1.54) is 11.3 Å². The Morgan fingerprint density at radius 1 is 1.32 bits per heavy atom. The van der Waals surface area contributed by atoms with E-state index in [2.05, 4.69) is 20.9 Å². The summed E-state index contributed by atoms with van der Waals surface area (Å²) in [6.45, 7) is 3.71. The zero-order valence-electron chi connectivity index (χ0n) is 19.4. The summed E-state index contributed by atoms with van der Waals surface area (Å²) < 4.78 is 19.2. The largest absolute Gasteiger partial charge is 0.496 e. The van der Waals surface area contributed by atoms with Gasteiger partial charge in [-0.2, -0.15) is 0 Å². The number of ether oxygens (including phenoxy) is 2. The minimum Gasteiger partial charge on any atom is -0.496 e. The highest BCUT2D eigenvalue weighted by atomic mass is 79.9. The number of allylic oxidation sites excluding steroid dienone is 1. The molecule has 0 bridgehead atoms. The van der Waals surface area contributed by atoms with E-state index in [4.69, 9.17) is 13.9 Å². The molecule has 1 aliphatic heterocycles. The molecular weight excluding hydrogens is 522 g/mol. The Labute approximate surface area is 208 Å². The Hall–Kier alpha value is -3.11. The summed E-state index contributed by atoms with van der Waals surface area (Å²) in [6.07, 6.45) is 1.70. The molecule has 0 saturated heterocycles. The first kappa shape index (κ1) is 24.0. The Balaban J connectivity index is 1.93. The van der Waals surface area contributed by atoms with Crippen LogP contribution in [0.5, 0.6) is 5.75 Å². The van der Waals surface area contributed by atoms with Gasteiger partial charge in [0.05, 0.1) is 40.0 Å². The van der Waals surface area contributed by atoms with Crippen molar-refractivity contribution < 1.29 is 18.7 Å². The molecule has 3 aromatic rings. The molecule has 3 heterocycles. The summed E-state index contributed by atoms with van der Waals surface area (Å²) in [6, 6.07) is 8.41. The number of aromatic nitrogens is 1. The van der Waals surface area contributed by atoms with Crippen molar-refractivity contribution >= 4 is 45.2 Å². The van der Waals surface area contributed by atoms with Gasteiger partial charge >= 0.3 is 5.97 Å². The Bertz CT molecular complexity index is 1460. The van der Waals surface area contributed by atoms with Crippen LogP contribution in [-0.4, -0.2) is 38.3 Å². The van der Waals surface area contributed by atoms with Crippen molar-refractivity contribution in [2.24, 2.45) is 4.99 Å². The van der Waals surface area contributed by atoms with Crippen LogP contribution in [-0.2, 0) is 9.53 Å². The van der Waals surface area contributed by atoms with Crippen LogP contribution >= 0.6 is 27.3 Å². The van der Waals surface area contributed by atoms with Crippen LogP contribution in [0.15, 0.2) is 60.3 Å². The zero-order chi connectivity index (χ0) is 24.6. The molecule has 4 rings (SSSR count). The number of esters is 1. The number of halogens is 1. The van der Waals surface area contributed by atoms with E-state index in [9.17, 15) is 9.59 Å². The predicted octanol–water partition coefficient (Wildman–Crippen LogP) is 3.23. The number of carbonyl (C=O) groups excluding carboxylic acids is 1. The second-order valence-corrected chi connectivity index (χ2v) is 9.63. The van der Waals surface area contributed by atoms with Gasteiger partial charge in [-0.3, -0.25) is 9.36 Å². The van der Waals surface area contributed by atoms with Crippen molar-refractivity contribution in [3.63, 3.8) is 0 Å². The number of hydrogen-bond acceptors (Lipinski definition) is 8. The van der Waals surface area contributed by atoms with Gasteiger partial charge in [0.15, 0.2) is 10.7 Å². The van der Waals surface area contributed by atoms with Gasteiger partial charge in [-0.05, 0) is 53.5 Å². The van der Waals surface area contributed by atoms with Gasteiger partial charge in [0, 0.05) is 26.2 Å². The van der Waals surface area contributed by atoms with Gasteiger partial charge in [-0.25, -0.2) is 9.79 Å². The van der Waals surface area contributed by atoms with E-state index >= 15 is 0 Å². The Kier molecular flexibility index (Phi) is 6.81. The van der Waals surface area contributed by atoms with Crippen molar-refractivity contribution in [2.75, 3.05) is 32.7 Å². The molecule has 1 atom stereocenters. The quantitative estimate of drug-likeness (QED) is 0.442. The van der Waals surface area contributed by atoms with Crippen molar-refractivity contribution in [1.29, 1.82) is 0 Å². The van der Waals surface area contributed by atoms with Crippen LogP contribution in [0.25, 0.3) is 6.08 Å². The number of furan rings is 1. The maximum atomic E-state index is 13.6. The van der Waals surface area contributed by atoms with Crippen molar-refractivity contribution in [1.82, 2.24) is 4.57 Å². The van der Waals surface area contributed by atoms with Crippen LogP contribution in [0.3, 0.4) is 0 Å². The average molecular weight is 546 g/mol. The normalized spacial score (nSPS) is 15.7. The lowest BCUT2D eigenvalue weighted by Gasteiger charge is -2.25. The molecule has 0 N–H and O–H groups in total. The molecule has 8 nitrogen and oxygen atoms in total. The van der Waals surface area contributed by atoms with E-state index < -0.39 is 12.0 Å². The first-order valence-electron chi connectivity index (χ1n) is 10.6. The lowest BCUT2D eigenvalue weighted by molar-refractivity contribution is -0.139. The molecule has 0 spiro atoms. The van der Waals surface area contributed by atoms with Gasteiger partial charge in [-0.1, -0.05) is 17.4 Å². The monoisotopic (exact) mass is 545 g/mol. The Morgan fingerprint density at radius 2 is 2.09 bits per heavy atom. The van der Waals surface area contributed by atoms with Crippen LogP contribution in [0.1, 0.15) is 31.2 Å². The number of methoxy groups -OCH3 is 1. The molecule has 178 valence electrons. The number of benzene rings is 1. The van der Waals surface area contributed by atoms with Gasteiger partial charge in [-0.15, -0.1) is 0 Å². The first-order valence-corrected chi connectivity index (χ1v) is 12.2. The minimum atomic E-state index is -0.700. The molecule has 0 saturated carbocycles. The standard InChI is InChI=1S/C24H24BrN3O5S/c1-6-32-23(30)20-13(2)26-24-28(21(20)14-7-9-17(31-5)16(25)11-14)22(29)18(34-24)12-15-8-10-19(33-15)27(3)4/h7-12,21H,6H2,1-5H3/b18-12+. The van der Waals surface area contributed by atoms with E-state index in [0.717, 1.165) is 5.56 Å². The second-order valence-electron chi connectivity index (χ2n) is 7.77. The molecule has 0 amide bonds. The molecule has 0 fully saturated rings. The van der Waals surface area contributed by atoms with Crippen LogP contribution < -0.4 is 24.5 Å². The number of rotatable bonds is 6. The van der Waals surface area contributed by atoms with Gasteiger partial charge in [0.1, 0.15) is 11.5 Å². The first-order chi connectivity index (χ1) is 16.2. The maximum absolute atomic E-state index is 13.6. The highest BCUT2D eigenvalue weighted by Crippen LogP contribution is 2.35.